The largest absolute Gasteiger partial charge is 0.543 e. The fraction of sp³-hybridized carbons (Fsp3) is 0.619. The van der Waals surface area contributed by atoms with Crippen molar-refractivity contribution in [3.63, 3.8) is 0 Å². The van der Waals surface area contributed by atoms with Crippen LogP contribution in [0.25, 0.3) is 0 Å². The number of ether oxygens (including phenoxy) is 3. The summed E-state index contributed by atoms with van der Waals surface area (Å²) in [5.74, 6) is -2.24. The lowest BCUT2D eigenvalue weighted by molar-refractivity contribution is -0.153. The molecule has 0 saturated carbocycles. The van der Waals surface area contributed by atoms with E-state index in [0.29, 0.717) is 31.6 Å². The minimum Gasteiger partial charge on any atom is -0.543 e. The Kier molecular flexibility index (Phi) is 19.0. The Labute approximate surface area is 330 Å². The van der Waals surface area contributed by atoms with Crippen LogP contribution in [0.4, 0.5) is 0 Å². The predicted octanol–water partition coefficient (Wildman–Crippen LogP) is 5.90. The van der Waals surface area contributed by atoms with Crippen LogP contribution in [-0.4, -0.2) is 94.7 Å². The van der Waals surface area contributed by atoms with E-state index in [4.69, 9.17) is 18.6 Å². The van der Waals surface area contributed by atoms with Gasteiger partial charge in [0.2, 0.25) is 20.1 Å². The van der Waals surface area contributed by atoms with Gasteiger partial charge in [0.05, 0.1) is 24.7 Å². The molecule has 3 N–H and O–H groups in total. The third-order valence-electron chi connectivity index (χ3n) is 10.6. The number of hydrogen-bond acceptors (Lipinski definition) is 9. The third-order valence-corrected chi connectivity index (χ3v) is 15.0. The van der Waals surface area contributed by atoms with Gasteiger partial charge in [-0.2, -0.15) is 0 Å². The molecular formula is C42H68N4O8Si. The number of rotatable bonds is 21. The number of methoxy groups -OCH3 is 2. The second kappa shape index (κ2) is 22.1. The van der Waals surface area contributed by atoms with Gasteiger partial charge in [-0.3, -0.25) is 24.2 Å². The summed E-state index contributed by atoms with van der Waals surface area (Å²) in [6.45, 7) is 26.1. The molecule has 1 heterocycles. The highest BCUT2D eigenvalue weighted by Gasteiger charge is 2.40. The van der Waals surface area contributed by atoms with Gasteiger partial charge in [-0.15, -0.1) is 6.58 Å². The van der Waals surface area contributed by atoms with E-state index in [-0.39, 0.29) is 41.9 Å². The lowest BCUT2D eigenvalue weighted by atomic mass is 9.87. The molecule has 308 valence electrons. The van der Waals surface area contributed by atoms with E-state index in [1.807, 2.05) is 51.1 Å². The average molecular weight is 785 g/mol. The SMILES string of the molecule is C=C/C=C/[C@H](OC)[C@H](C)[C@@H](OC)[C@@H](C)C(=O)N[C@H](C(=O)N[C@@H](Cc1cccc(O[Si](C)(C)C(C)(C)C)c1)C(=O)N1CCCC(C(=O)OCCC=C)N1)C(C)C. The molecule has 0 bridgehead atoms. The van der Waals surface area contributed by atoms with E-state index >= 15 is 0 Å². The molecule has 1 aliphatic heterocycles. The van der Waals surface area contributed by atoms with Crippen LogP contribution in [0.2, 0.25) is 18.1 Å². The maximum absolute atomic E-state index is 14.3. The number of amides is 3. The molecule has 1 aromatic carbocycles. The van der Waals surface area contributed by atoms with Gasteiger partial charge in [0.25, 0.3) is 5.91 Å². The van der Waals surface area contributed by atoms with Crippen LogP contribution in [0, 0.1) is 17.8 Å². The Morgan fingerprint density at radius 2 is 1.73 bits per heavy atom. The molecule has 12 nitrogen and oxygen atoms in total. The summed E-state index contributed by atoms with van der Waals surface area (Å²) in [5.41, 5.74) is 3.82. The summed E-state index contributed by atoms with van der Waals surface area (Å²) in [7, 11) is 0.972. The van der Waals surface area contributed by atoms with Crippen LogP contribution in [0.1, 0.15) is 73.3 Å². The Balaban J connectivity index is 2.41. The van der Waals surface area contributed by atoms with E-state index in [1.165, 1.54) is 5.01 Å². The van der Waals surface area contributed by atoms with Gasteiger partial charge in [0, 0.05) is 33.1 Å². The minimum atomic E-state index is -2.17. The fourth-order valence-corrected chi connectivity index (χ4v) is 7.24. The molecular weight excluding hydrogens is 717 g/mol. The Hall–Kier alpha value is -3.78. The maximum Gasteiger partial charge on any atom is 0.324 e. The monoisotopic (exact) mass is 784 g/mol. The van der Waals surface area contributed by atoms with Crippen molar-refractivity contribution in [3.05, 3.63) is 67.3 Å². The zero-order valence-corrected chi connectivity index (χ0v) is 36.1. The number of esters is 1. The highest BCUT2D eigenvalue weighted by atomic mass is 28.4. The van der Waals surface area contributed by atoms with Crippen LogP contribution in [0.5, 0.6) is 5.75 Å². The van der Waals surface area contributed by atoms with Crippen molar-refractivity contribution in [2.75, 3.05) is 27.4 Å². The third kappa shape index (κ3) is 14.0. The summed E-state index contributed by atoms with van der Waals surface area (Å²) >= 11 is 0. The molecule has 1 unspecified atom stereocenters. The summed E-state index contributed by atoms with van der Waals surface area (Å²) in [6, 6.07) is 4.85. The first kappa shape index (κ1) is 47.4. The maximum atomic E-state index is 14.3. The normalized spacial score (nSPS) is 18.4. The number of nitrogens with one attached hydrogen (secondary N) is 3. The van der Waals surface area contributed by atoms with Gasteiger partial charge < -0.3 is 29.3 Å². The van der Waals surface area contributed by atoms with Crippen molar-refractivity contribution in [3.8, 4) is 5.75 Å². The molecule has 0 aromatic heterocycles. The van der Waals surface area contributed by atoms with Gasteiger partial charge in [-0.1, -0.05) is 91.5 Å². The molecule has 13 heteroatoms. The lowest BCUT2D eigenvalue weighted by Crippen LogP contribution is -2.62. The molecule has 0 spiro atoms. The molecule has 0 aliphatic carbocycles. The van der Waals surface area contributed by atoms with Crippen molar-refractivity contribution in [2.24, 2.45) is 17.8 Å². The summed E-state index contributed by atoms with van der Waals surface area (Å²) in [5, 5.41) is 7.28. The fourth-order valence-electron chi connectivity index (χ4n) is 6.21. The summed E-state index contributed by atoms with van der Waals surface area (Å²) < 4.78 is 23.4. The minimum absolute atomic E-state index is 0.0259. The number of hydrazine groups is 1. The molecule has 1 fully saturated rings. The highest BCUT2D eigenvalue weighted by molar-refractivity contribution is 6.74. The first-order valence-corrected chi connectivity index (χ1v) is 22.3. The van der Waals surface area contributed by atoms with E-state index in [0.717, 1.165) is 5.56 Å². The molecule has 55 heavy (non-hydrogen) atoms. The average Bonchev–Trinajstić information content (AvgIpc) is 3.13. The molecule has 0 radical (unpaired) electrons. The van der Waals surface area contributed by atoms with Crippen LogP contribution >= 0.6 is 0 Å². The second-order valence-electron chi connectivity index (χ2n) is 16.2. The van der Waals surface area contributed by atoms with Gasteiger partial charge in [-0.05, 0) is 61.0 Å². The number of nitrogens with zero attached hydrogens (tertiary/aromatic N) is 1. The highest BCUT2D eigenvalue weighted by Crippen LogP contribution is 2.37. The van der Waals surface area contributed by atoms with E-state index in [9.17, 15) is 19.2 Å². The van der Waals surface area contributed by atoms with Gasteiger partial charge in [0.1, 0.15) is 23.9 Å². The van der Waals surface area contributed by atoms with Crippen LogP contribution < -0.4 is 20.5 Å². The number of carbonyl (C=O) groups excluding carboxylic acids is 4. The number of carbonyl (C=O) groups is 4. The van der Waals surface area contributed by atoms with Gasteiger partial charge >= 0.3 is 5.97 Å². The predicted molar refractivity (Wildman–Crippen MR) is 220 cm³/mol. The van der Waals surface area contributed by atoms with Crippen molar-refractivity contribution in [2.45, 2.75) is 123 Å². The number of benzene rings is 1. The Morgan fingerprint density at radius 1 is 1.04 bits per heavy atom. The molecule has 1 aromatic rings. The van der Waals surface area contributed by atoms with Crippen LogP contribution in [0.3, 0.4) is 0 Å². The smallest absolute Gasteiger partial charge is 0.324 e. The van der Waals surface area contributed by atoms with Gasteiger partial charge in [-0.25, -0.2) is 5.43 Å². The molecule has 1 saturated heterocycles. The summed E-state index contributed by atoms with van der Waals surface area (Å²) in [4.78, 5) is 55.1. The summed E-state index contributed by atoms with van der Waals surface area (Å²) in [6.07, 6.45) is 7.81. The van der Waals surface area contributed by atoms with Gasteiger partial charge in [0.15, 0.2) is 0 Å². The van der Waals surface area contributed by atoms with Crippen molar-refractivity contribution >= 4 is 32.0 Å². The van der Waals surface area contributed by atoms with Crippen molar-refractivity contribution in [1.29, 1.82) is 0 Å². The zero-order chi connectivity index (χ0) is 41.5. The molecule has 1 aliphatic rings. The lowest BCUT2D eigenvalue weighted by Gasteiger charge is -2.37. The van der Waals surface area contributed by atoms with Crippen molar-refractivity contribution in [1.82, 2.24) is 21.1 Å². The Bertz CT molecular complexity index is 1480. The first-order valence-electron chi connectivity index (χ1n) is 19.4. The topological polar surface area (TPSA) is 145 Å². The standard InChI is InChI=1S/C42H68N4O8Si/c1-14-16-23-35(51-10)29(5)37(52-11)30(6)38(47)44-36(28(3)4)39(48)43-34(27-31-20-18-21-32(26-31)54-55(12,13)42(7,8)9)40(49)46-24-19-22-33(45-46)41(50)53-25-17-15-2/h14-16,18,20-21,23,26,28-30,33-37,45H,1-2,17,19,22,24-25,27H2,3-13H3,(H,43,48)(H,44,47)/b23-16+/t29-,30+,33?,34-,35-,36-,37+/m0/s1. The van der Waals surface area contributed by atoms with Crippen LogP contribution in [-0.2, 0) is 39.8 Å². The number of hydrogen-bond donors (Lipinski definition) is 3. The zero-order valence-electron chi connectivity index (χ0n) is 35.1. The number of allylic oxidation sites excluding steroid dienone is 2. The quantitative estimate of drug-likeness (QED) is 0.0457. The van der Waals surface area contributed by atoms with Crippen molar-refractivity contribution < 1.29 is 37.8 Å². The molecule has 3 amide bonds. The Morgan fingerprint density at radius 3 is 2.31 bits per heavy atom. The first-order chi connectivity index (χ1) is 25.8. The molecule has 2 rings (SSSR count). The van der Waals surface area contributed by atoms with E-state index in [2.05, 4.69) is 63.1 Å². The van der Waals surface area contributed by atoms with E-state index < -0.39 is 56.2 Å². The second-order valence-corrected chi connectivity index (χ2v) is 21.0. The molecule has 7 atom stereocenters. The van der Waals surface area contributed by atoms with Crippen LogP contribution in [0.15, 0.2) is 61.7 Å². The van der Waals surface area contributed by atoms with E-state index in [1.54, 1.807) is 39.4 Å².